The lowest BCUT2D eigenvalue weighted by atomic mass is 9.77. The number of ketones is 1. The summed E-state index contributed by atoms with van der Waals surface area (Å²) in [5, 5.41) is 0.506. The van der Waals surface area contributed by atoms with E-state index in [1.165, 1.54) is 25.3 Å². The maximum Gasteiger partial charge on any atom is 0.390 e. The van der Waals surface area contributed by atoms with Gasteiger partial charge in [-0.1, -0.05) is 25.0 Å². The second kappa shape index (κ2) is 7.30. The fourth-order valence-electron chi connectivity index (χ4n) is 2.98. The van der Waals surface area contributed by atoms with Crippen LogP contribution in [0.5, 0.6) is 0 Å². The van der Waals surface area contributed by atoms with Crippen molar-refractivity contribution < 1.29 is 22.4 Å². The Morgan fingerprint density at radius 3 is 2.70 bits per heavy atom. The Balaban J connectivity index is 1.81. The lowest BCUT2D eigenvalue weighted by molar-refractivity contribution is -0.164. The third-order valence-corrected chi connectivity index (χ3v) is 4.71. The van der Waals surface area contributed by atoms with Crippen molar-refractivity contribution >= 4 is 16.7 Å². The molecule has 1 atom stereocenters. The number of alkyl halides is 3. The minimum absolute atomic E-state index is 0.127. The molecular formula is C21H19F4NO. The van der Waals surface area contributed by atoms with Crippen LogP contribution in [0.3, 0.4) is 0 Å². The van der Waals surface area contributed by atoms with Crippen LogP contribution >= 0.6 is 0 Å². The number of rotatable bonds is 5. The number of pyridine rings is 1. The Morgan fingerprint density at radius 2 is 2.04 bits per heavy atom. The van der Waals surface area contributed by atoms with Gasteiger partial charge in [-0.25, -0.2) is 4.39 Å². The Labute approximate surface area is 155 Å². The normalized spacial score (nSPS) is 16.5. The number of nitrogens with zero attached hydrogens (tertiary/aromatic N) is 1. The molecule has 1 aliphatic rings. The van der Waals surface area contributed by atoms with Gasteiger partial charge in [0.05, 0.1) is 6.42 Å². The van der Waals surface area contributed by atoms with Crippen molar-refractivity contribution in [2.24, 2.45) is 11.3 Å². The molecule has 27 heavy (non-hydrogen) atoms. The van der Waals surface area contributed by atoms with Crippen molar-refractivity contribution in [3.8, 4) is 11.8 Å². The fourth-order valence-corrected chi connectivity index (χ4v) is 2.98. The molecule has 1 aromatic carbocycles. The highest BCUT2D eigenvalue weighted by molar-refractivity contribution is 5.88. The number of fused-ring (bicyclic) bond motifs is 1. The standard InChI is InChI=1S/C21H19F4NO/c1-20(13-21(23,24)25,9-3-4-14-7-8-14)18(27)11-15-10-16-5-2-6-17(22)19(16)26-12-15/h2,5-6,10,12,14H,7-9,11,13H2,1H3. The maximum absolute atomic E-state index is 13.7. The number of hydrogen-bond acceptors (Lipinski definition) is 2. The van der Waals surface area contributed by atoms with Crippen molar-refractivity contribution in [3.05, 3.63) is 41.8 Å². The van der Waals surface area contributed by atoms with Gasteiger partial charge in [-0.05, 0) is 30.5 Å². The van der Waals surface area contributed by atoms with Crippen molar-refractivity contribution in [1.29, 1.82) is 0 Å². The highest BCUT2D eigenvalue weighted by atomic mass is 19.4. The first-order chi connectivity index (χ1) is 12.7. The summed E-state index contributed by atoms with van der Waals surface area (Å²) in [6.45, 7) is 1.32. The van der Waals surface area contributed by atoms with Crippen LogP contribution in [0.15, 0.2) is 30.5 Å². The maximum atomic E-state index is 13.7. The second-order valence-corrected chi connectivity index (χ2v) is 7.38. The topological polar surface area (TPSA) is 30.0 Å². The molecule has 1 fully saturated rings. The van der Waals surface area contributed by atoms with E-state index in [1.807, 2.05) is 0 Å². The smallest absolute Gasteiger partial charge is 0.299 e. The van der Waals surface area contributed by atoms with Gasteiger partial charge >= 0.3 is 6.18 Å². The molecular weight excluding hydrogens is 358 g/mol. The number of halogens is 4. The largest absolute Gasteiger partial charge is 0.390 e. The summed E-state index contributed by atoms with van der Waals surface area (Å²) < 4.78 is 52.8. The average molecular weight is 377 g/mol. The summed E-state index contributed by atoms with van der Waals surface area (Å²) in [5.74, 6) is 4.94. The van der Waals surface area contributed by atoms with E-state index in [2.05, 4.69) is 16.8 Å². The van der Waals surface area contributed by atoms with Crippen LogP contribution < -0.4 is 0 Å². The van der Waals surface area contributed by atoms with Crippen molar-refractivity contribution in [2.45, 2.75) is 45.2 Å². The van der Waals surface area contributed by atoms with Gasteiger partial charge in [-0.15, -0.1) is 5.92 Å². The molecule has 1 aliphatic carbocycles. The molecule has 1 aromatic heterocycles. The summed E-state index contributed by atoms with van der Waals surface area (Å²) in [6, 6.07) is 6.04. The number of carbonyl (C=O) groups excluding carboxylic acids is 1. The first-order valence-electron chi connectivity index (χ1n) is 8.78. The van der Waals surface area contributed by atoms with Crippen LogP contribution in [-0.2, 0) is 11.2 Å². The molecule has 0 amide bonds. The molecule has 142 valence electrons. The van der Waals surface area contributed by atoms with Crippen molar-refractivity contribution in [2.75, 3.05) is 0 Å². The van der Waals surface area contributed by atoms with Gasteiger partial charge in [0, 0.05) is 35.8 Å². The summed E-state index contributed by atoms with van der Waals surface area (Å²) in [5.41, 5.74) is -0.986. The number of carbonyl (C=O) groups is 1. The zero-order chi connectivity index (χ0) is 19.7. The Bertz CT molecular complexity index is 921. The zero-order valence-corrected chi connectivity index (χ0v) is 14.9. The Kier molecular flexibility index (Phi) is 5.23. The van der Waals surface area contributed by atoms with Gasteiger partial charge in [0.25, 0.3) is 0 Å². The SMILES string of the molecule is CC(CC#CC1CC1)(CC(F)(F)F)C(=O)Cc1cnc2c(F)cccc2c1. The van der Waals surface area contributed by atoms with Crippen LogP contribution in [0.1, 0.15) is 38.2 Å². The second-order valence-electron chi connectivity index (χ2n) is 7.38. The minimum atomic E-state index is -4.46. The van der Waals surface area contributed by atoms with Gasteiger partial charge in [0.2, 0.25) is 0 Å². The lowest BCUT2D eigenvalue weighted by Gasteiger charge is -2.27. The summed E-state index contributed by atoms with van der Waals surface area (Å²) in [6.07, 6.45) is -2.72. The molecule has 1 heterocycles. The molecule has 0 bridgehead atoms. The van der Waals surface area contributed by atoms with E-state index in [4.69, 9.17) is 0 Å². The van der Waals surface area contributed by atoms with E-state index in [0.29, 0.717) is 10.9 Å². The zero-order valence-electron chi connectivity index (χ0n) is 14.9. The molecule has 1 saturated carbocycles. The molecule has 2 aromatic rings. The molecule has 0 aliphatic heterocycles. The predicted molar refractivity (Wildman–Crippen MR) is 94.3 cm³/mol. The third kappa shape index (κ3) is 5.06. The van der Waals surface area contributed by atoms with E-state index < -0.39 is 29.6 Å². The number of Topliss-reactive ketones (excluding diaryl/α,β-unsaturated/α-hetero) is 1. The summed E-state index contributed by atoms with van der Waals surface area (Å²) in [4.78, 5) is 16.7. The van der Waals surface area contributed by atoms with Crippen LogP contribution in [0.2, 0.25) is 0 Å². The summed E-state index contributed by atoms with van der Waals surface area (Å²) in [7, 11) is 0. The molecule has 0 saturated heterocycles. The van der Waals surface area contributed by atoms with Crippen LogP contribution in [0, 0.1) is 29.0 Å². The number of hydrogen-bond donors (Lipinski definition) is 0. The Hall–Kier alpha value is -2.42. The monoisotopic (exact) mass is 377 g/mol. The van der Waals surface area contributed by atoms with E-state index in [1.54, 1.807) is 12.1 Å². The van der Waals surface area contributed by atoms with E-state index in [0.717, 1.165) is 12.8 Å². The molecule has 2 nitrogen and oxygen atoms in total. The van der Waals surface area contributed by atoms with Gasteiger partial charge in [0.1, 0.15) is 17.1 Å². The van der Waals surface area contributed by atoms with Crippen LogP contribution in [0.25, 0.3) is 10.9 Å². The predicted octanol–water partition coefficient (Wildman–Crippen LogP) is 5.25. The number of aromatic nitrogens is 1. The number of para-hydroxylation sites is 1. The average Bonchev–Trinajstić information content (AvgIpc) is 3.37. The quantitative estimate of drug-likeness (QED) is 0.526. The van der Waals surface area contributed by atoms with Gasteiger partial charge in [-0.3, -0.25) is 9.78 Å². The summed E-state index contributed by atoms with van der Waals surface area (Å²) >= 11 is 0. The van der Waals surface area contributed by atoms with Gasteiger partial charge < -0.3 is 0 Å². The van der Waals surface area contributed by atoms with Crippen molar-refractivity contribution in [3.63, 3.8) is 0 Å². The lowest BCUT2D eigenvalue weighted by Crippen LogP contribution is -2.34. The number of benzene rings is 1. The van der Waals surface area contributed by atoms with E-state index >= 15 is 0 Å². The minimum Gasteiger partial charge on any atom is -0.299 e. The molecule has 1 unspecified atom stereocenters. The Morgan fingerprint density at radius 1 is 1.30 bits per heavy atom. The molecule has 0 radical (unpaired) electrons. The molecule has 3 rings (SSSR count). The third-order valence-electron chi connectivity index (χ3n) is 4.71. The van der Waals surface area contributed by atoms with Crippen LogP contribution in [-0.4, -0.2) is 16.9 Å². The first kappa shape index (κ1) is 19.3. The van der Waals surface area contributed by atoms with Gasteiger partial charge in [-0.2, -0.15) is 13.2 Å². The molecule has 0 N–H and O–H groups in total. The van der Waals surface area contributed by atoms with Gasteiger partial charge in [0.15, 0.2) is 0 Å². The van der Waals surface area contributed by atoms with E-state index in [-0.39, 0.29) is 24.3 Å². The molecule has 0 spiro atoms. The van der Waals surface area contributed by atoms with E-state index in [9.17, 15) is 22.4 Å². The highest BCUT2D eigenvalue weighted by Crippen LogP contribution is 2.38. The van der Waals surface area contributed by atoms with Crippen LogP contribution in [0.4, 0.5) is 17.6 Å². The molecule has 6 heteroatoms. The fraction of sp³-hybridized carbons (Fsp3) is 0.429. The van der Waals surface area contributed by atoms with Crippen molar-refractivity contribution in [1.82, 2.24) is 4.98 Å². The first-order valence-corrected chi connectivity index (χ1v) is 8.78. The highest BCUT2D eigenvalue weighted by Gasteiger charge is 2.43.